The molecule has 0 unspecified atom stereocenters. The predicted molar refractivity (Wildman–Crippen MR) is 135 cm³/mol. The van der Waals surface area contributed by atoms with Crippen LogP contribution in [0.5, 0.6) is 5.88 Å². The van der Waals surface area contributed by atoms with Crippen LogP contribution in [0.1, 0.15) is 53.6 Å². The highest BCUT2D eigenvalue weighted by atomic mass is 32.1. The quantitative estimate of drug-likeness (QED) is 0.269. The fourth-order valence-corrected chi connectivity index (χ4v) is 4.34. The highest BCUT2D eigenvalue weighted by molar-refractivity contribution is 7.11. The third-order valence-electron chi connectivity index (χ3n) is 5.75. The van der Waals surface area contributed by atoms with Gasteiger partial charge >= 0.3 is 0 Å². The van der Waals surface area contributed by atoms with Gasteiger partial charge in [-0.25, -0.2) is 9.97 Å². The van der Waals surface area contributed by atoms with E-state index >= 15 is 0 Å². The van der Waals surface area contributed by atoms with Gasteiger partial charge in [0.05, 0.1) is 42.3 Å². The number of benzene rings is 1. The van der Waals surface area contributed by atoms with Crippen molar-refractivity contribution in [1.29, 1.82) is 0 Å². The zero-order valence-corrected chi connectivity index (χ0v) is 20.5. The van der Waals surface area contributed by atoms with Crippen molar-refractivity contribution < 1.29 is 14.3 Å². The van der Waals surface area contributed by atoms with Crippen LogP contribution in [-0.4, -0.2) is 45.9 Å². The molecule has 2 amide bonds. The summed E-state index contributed by atoms with van der Waals surface area (Å²) in [7, 11) is 3.24. The Morgan fingerprint density at radius 1 is 1.14 bits per heavy atom. The Kier molecular flexibility index (Phi) is 8.04. The Hall–Kier alpha value is -3.79. The summed E-state index contributed by atoms with van der Waals surface area (Å²) in [6.45, 7) is 0. The predicted octanol–water partition coefficient (Wildman–Crippen LogP) is 4.26. The molecule has 0 saturated carbocycles. The second-order valence-electron chi connectivity index (χ2n) is 8.11. The molecule has 4 rings (SSSR count). The van der Waals surface area contributed by atoms with Crippen molar-refractivity contribution in [1.82, 2.24) is 30.6 Å². The second-order valence-corrected chi connectivity index (χ2v) is 8.99. The largest absolute Gasteiger partial charge is 0.481 e. The van der Waals surface area contributed by atoms with Gasteiger partial charge in [-0.1, -0.05) is 18.9 Å². The lowest BCUT2D eigenvalue weighted by Crippen LogP contribution is -2.28. The minimum Gasteiger partial charge on any atom is -0.481 e. The Morgan fingerprint density at radius 2 is 2.03 bits per heavy atom. The number of pyridine rings is 1. The number of nitrogens with zero attached hydrogens (tertiary/aromatic N) is 3. The number of H-pyrrole nitrogens is 1. The Morgan fingerprint density at radius 3 is 2.80 bits per heavy atom. The van der Waals surface area contributed by atoms with E-state index in [4.69, 9.17) is 4.74 Å². The number of hydrogen-bond donors (Lipinski definition) is 3. The topological polar surface area (TPSA) is 122 Å². The van der Waals surface area contributed by atoms with E-state index in [2.05, 4.69) is 30.6 Å². The fraction of sp³-hybridized carbons (Fsp3) is 0.320. The number of imidazole rings is 1. The minimum atomic E-state index is -0.287. The van der Waals surface area contributed by atoms with E-state index in [1.54, 1.807) is 32.1 Å². The highest BCUT2D eigenvalue weighted by Crippen LogP contribution is 2.26. The molecule has 1 atom stereocenters. The zero-order valence-electron chi connectivity index (χ0n) is 19.7. The van der Waals surface area contributed by atoms with Crippen LogP contribution in [0.2, 0.25) is 0 Å². The first-order valence-corrected chi connectivity index (χ1v) is 12.4. The van der Waals surface area contributed by atoms with Crippen molar-refractivity contribution in [2.75, 3.05) is 14.2 Å². The summed E-state index contributed by atoms with van der Waals surface area (Å²) in [5.41, 5.74) is 4.31. The molecule has 3 aromatic heterocycles. The molecular weight excluding hydrogens is 464 g/mol. The van der Waals surface area contributed by atoms with Gasteiger partial charge in [0.2, 0.25) is 11.8 Å². The van der Waals surface area contributed by atoms with E-state index < -0.39 is 0 Å². The number of unbranched alkanes of at least 4 members (excludes halogenated alkanes) is 2. The number of fused-ring (bicyclic) bond motifs is 1. The Bertz CT molecular complexity index is 1290. The zero-order chi connectivity index (χ0) is 24.6. The van der Waals surface area contributed by atoms with Crippen LogP contribution in [-0.2, 0) is 4.79 Å². The number of ether oxygens (including phenoxy) is 1. The molecule has 0 fully saturated rings. The van der Waals surface area contributed by atoms with E-state index in [0.29, 0.717) is 29.4 Å². The number of nitrogens with one attached hydrogen (secondary N) is 3. The van der Waals surface area contributed by atoms with Crippen LogP contribution < -0.4 is 15.4 Å². The Labute approximate surface area is 207 Å². The van der Waals surface area contributed by atoms with Gasteiger partial charge < -0.3 is 20.4 Å². The van der Waals surface area contributed by atoms with Crippen LogP contribution in [0.3, 0.4) is 0 Å². The van der Waals surface area contributed by atoms with Gasteiger partial charge in [-0.15, -0.1) is 11.3 Å². The number of thiazole rings is 1. The number of hydrogen-bond acceptors (Lipinski definition) is 7. The first-order chi connectivity index (χ1) is 17.1. The van der Waals surface area contributed by atoms with E-state index in [1.165, 1.54) is 11.3 Å². The first-order valence-electron chi connectivity index (χ1n) is 11.5. The lowest BCUT2D eigenvalue weighted by molar-refractivity contribution is -0.120. The molecule has 0 bridgehead atoms. The SMILES string of the molecule is CNC(=O)CCCCC[C@H](NC(=O)c1cncs1)c1ncc(-c2ccc3nc(OC)ccc3c2)[nH]1. The molecule has 1 aromatic carbocycles. The van der Waals surface area contributed by atoms with Gasteiger partial charge in [-0.05, 0) is 31.0 Å². The maximum absolute atomic E-state index is 12.7. The highest BCUT2D eigenvalue weighted by Gasteiger charge is 2.20. The molecule has 182 valence electrons. The molecule has 0 aliphatic heterocycles. The van der Waals surface area contributed by atoms with Crippen molar-refractivity contribution in [2.45, 2.75) is 38.1 Å². The smallest absolute Gasteiger partial charge is 0.263 e. The summed E-state index contributed by atoms with van der Waals surface area (Å²) in [5.74, 6) is 1.13. The van der Waals surface area contributed by atoms with E-state index in [9.17, 15) is 9.59 Å². The van der Waals surface area contributed by atoms with Gasteiger partial charge in [0.25, 0.3) is 5.91 Å². The van der Waals surface area contributed by atoms with Crippen molar-refractivity contribution in [2.24, 2.45) is 0 Å². The third-order valence-corrected chi connectivity index (χ3v) is 6.52. The average Bonchev–Trinajstić information content (AvgIpc) is 3.60. The maximum atomic E-state index is 12.7. The van der Waals surface area contributed by atoms with Crippen molar-refractivity contribution in [3.05, 3.63) is 58.9 Å². The summed E-state index contributed by atoms with van der Waals surface area (Å²) in [6.07, 6.45) is 7.08. The molecule has 0 spiro atoms. The lowest BCUT2D eigenvalue weighted by atomic mass is 10.1. The summed E-state index contributed by atoms with van der Waals surface area (Å²) in [6, 6.07) is 9.49. The standard InChI is InChI=1S/C25H28N6O3S/c1-26-22(32)7-5-3-4-6-19(31-25(33)21-14-27-15-35-21)24-28-13-20(30-24)17-8-10-18-16(12-17)9-11-23(29-18)34-2/h8-15,19H,3-7H2,1-2H3,(H,26,32)(H,28,30)(H,31,33)/t19-/m0/s1. The molecular formula is C25H28N6O3S. The molecule has 0 saturated heterocycles. The fourth-order valence-electron chi connectivity index (χ4n) is 3.82. The van der Waals surface area contributed by atoms with Gasteiger partial charge in [0.1, 0.15) is 10.7 Å². The molecule has 3 heterocycles. The molecule has 4 aromatic rings. The van der Waals surface area contributed by atoms with Gasteiger partial charge in [0, 0.05) is 30.5 Å². The van der Waals surface area contributed by atoms with Crippen LogP contribution in [0.15, 0.2) is 48.2 Å². The van der Waals surface area contributed by atoms with Crippen LogP contribution in [0.25, 0.3) is 22.2 Å². The first kappa shape index (κ1) is 24.3. The van der Waals surface area contributed by atoms with Crippen molar-refractivity contribution in [3.8, 4) is 17.1 Å². The number of amides is 2. The Balaban J connectivity index is 1.49. The molecule has 0 aliphatic rings. The number of rotatable bonds is 11. The molecule has 10 heteroatoms. The van der Waals surface area contributed by atoms with Crippen molar-refractivity contribution >= 4 is 34.1 Å². The monoisotopic (exact) mass is 492 g/mol. The normalized spacial score (nSPS) is 11.8. The van der Waals surface area contributed by atoms with Gasteiger partial charge in [-0.2, -0.15) is 0 Å². The summed E-state index contributed by atoms with van der Waals surface area (Å²) in [5, 5.41) is 6.72. The van der Waals surface area contributed by atoms with Crippen molar-refractivity contribution in [3.63, 3.8) is 0 Å². The molecule has 3 N–H and O–H groups in total. The van der Waals surface area contributed by atoms with Crippen LogP contribution >= 0.6 is 11.3 Å². The van der Waals surface area contributed by atoms with E-state index in [1.807, 2.05) is 30.3 Å². The molecule has 0 radical (unpaired) electrons. The maximum Gasteiger partial charge on any atom is 0.263 e. The average molecular weight is 493 g/mol. The van der Waals surface area contributed by atoms with E-state index in [0.717, 1.165) is 41.4 Å². The summed E-state index contributed by atoms with van der Waals surface area (Å²) >= 11 is 1.30. The number of methoxy groups -OCH3 is 1. The van der Waals surface area contributed by atoms with Gasteiger partial charge in [-0.3, -0.25) is 14.6 Å². The third kappa shape index (κ3) is 6.21. The molecule has 0 aliphatic carbocycles. The molecule has 9 nitrogen and oxygen atoms in total. The number of carbonyl (C=O) groups is 2. The van der Waals surface area contributed by atoms with Crippen LogP contribution in [0, 0.1) is 0 Å². The summed E-state index contributed by atoms with van der Waals surface area (Å²) < 4.78 is 5.21. The lowest BCUT2D eigenvalue weighted by Gasteiger charge is -2.16. The minimum absolute atomic E-state index is 0.0414. The summed E-state index contributed by atoms with van der Waals surface area (Å²) in [4.78, 5) is 41.2. The van der Waals surface area contributed by atoms with Gasteiger partial charge in [0.15, 0.2) is 0 Å². The van der Waals surface area contributed by atoms with Crippen LogP contribution in [0.4, 0.5) is 0 Å². The number of carbonyl (C=O) groups excluding carboxylic acids is 2. The number of aromatic nitrogens is 4. The second kappa shape index (κ2) is 11.6. The van der Waals surface area contributed by atoms with E-state index in [-0.39, 0.29) is 17.9 Å². The molecule has 35 heavy (non-hydrogen) atoms. The number of aromatic amines is 1.